The standard InChI is InChI=1S/C18H20N2O/c1-13-8-10-15(11-9-13)17(19)18(21)20-12-4-6-14-5-2-3-7-16(14)20/h2-3,5,7-11,17H,4,6,12,19H2,1H3. The van der Waals surface area contributed by atoms with Gasteiger partial charge in [-0.3, -0.25) is 4.79 Å². The number of benzene rings is 2. The zero-order chi connectivity index (χ0) is 14.8. The lowest BCUT2D eigenvalue weighted by atomic mass is 9.99. The number of aryl methyl sites for hydroxylation is 2. The fourth-order valence-electron chi connectivity index (χ4n) is 2.85. The van der Waals surface area contributed by atoms with Crippen LogP contribution in [0.5, 0.6) is 0 Å². The molecule has 1 atom stereocenters. The van der Waals surface area contributed by atoms with Crippen LogP contribution in [-0.4, -0.2) is 12.5 Å². The molecule has 21 heavy (non-hydrogen) atoms. The zero-order valence-electron chi connectivity index (χ0n) is 12.3. The van der Waals surface area contributed by atoms with Crippen molar-refractivity contribution in [1.29, 1.82) is 0 Å². The average Bonchev–Trinajstić information content (AvgIpc) is 2.53. The van der Waals surface area contributed by atoms with E-state index in [2.05, 4.69) is 6.07 Å². The molecule has 1 amide bonds. The highest BCUT2D eigenvalue weighted by atomic mass is 16.2. The van der Waals surface area contributed by atoms with Gasteiger partial charge >= 0.3 is 0 Å². The Morgan fingerprint density at radius 3 is 2.62 bits per heavy atom. The van der Waals surface area contributed by atoms with E-state index in [4.69, 9.17) is 5.73 Å². The normalized spacial score (nSPS) is 15.4. The second-order valence-corrected chi connectivity index (χ2v) is 5.61. The number of nitrogens with zero attached hydrogens (tertiary/aromatic N) is 1. The molecule has 3 nitrogen and oxygen atoms in total. The molecule has 2 aromatic rings. The number of anilines is 1. The Hall–Kier alpha value is -2.13. The largest absolute Gasteiger partial charge is 0.316 e. The van der Waals surface area contributed by atoms with Gasteiger partial charge in [-0.2, -0.15) is 0 Å². The van der Waals surface area contributed by atoms with Crippen LogP contribution in [0.3, 0.4) is 0 Å². The molecule has 108 valence electrons. The Kier molecular flexibility index (Phi) is 3.76. The van der Waals surface area contributed by atoms with E-state index in [9.17, 15) is 4.79 Å². The fraction of sp³-hybridized carbons (Fsp3) is 0.278. The van der Waals surface area contributed by atoms with E-state index >= 15 is 0 Å². The van der Waals surface area contributed by atoms with E-state index in [1.165, 1.54) is 11.1 Å². The highest BCUT2D eigenvalue weighted by Crippen LogP contribution is 2.28. The SMILES string of the molecule is Cc1ccc(C(N)C(=O)N2CCCc3ccccc32)cc1. The van der Waals surface area contributed by atoms with Gasteiger partial charge in [-0.15, -0.1) is 0 Å². The van der Waals surface area contributed by atoms with Crippen molar-refractivity contribution in [2.24, 2.45) is 5.73 Å². The van der Waals surface area contributed by atoms with E-state index in [1.54, 1.807) is 0 Å². The fourth-order valence-corrected chi connectivity index (χ4v) is 2.85. The van der Waals surface area contributed by atoms with Gasteiger partial charge in [0.15, 0.2) is 0 Å². The molecule has 2 N–H and O–H groups in total. The minimum Gasteiger partial charge on any atom is -0.316 e. The van der Waals surface area contributed by atoms with E-state index in [-0.39, 0.29) is 5.91 Å². The van der Waals surface area contributed by atoms with E-state index in [1.807, 2.05) is 54.3 Å². The van der Waals surface area contributed by atoms with Gasteiger partial charge in [-0.1, -0.05) is 48.0 Å². The lowest BCUT2D eigenvalue weighted by molar-refractivity contribution is -0.120. The van der Waals surface area contributed by atoms with Crippen molar-refractivity contribution in [2.75, 3.05) is 11.4 Å². The van der Waals surface area contributed by atoms with Gasteiger partial charge in [-0.25, -0.2) is 0 Å². The first-order valence-corrected chi connectivity index (χ1v) is 7.38. The minimum absolute atomic E-state index is 0.0222. The monoisotopic (exact) mass is 280 g/mol. The summed E-state index contributed by atoms with van der Waals surface area (Å²) in [7, 11) is 0. The first-order chi connectivity index (χ1) is 10.2. The van der Waals surface area contributed by atoms with Crippen molar-refractivity contribution in [2.45, 2.75) is 25.8 Å². The van der Waals surface area contributed by atoms with Gasteiger partial charge in [0.2, 0.25) is 5.91 Å². The Balaban J connectivity index is 1.87. The van der Waals surface area contributed by atoms with Crippen LogP contribution in [0, 0.1) is 6.92 Å². The quantitative estimate of drug-likeness (QED) is 0.919. The average molecular weight is 280 g/mol. The molecule has 1 unspecified atom stereocenters. The molecule has 0 radical (unpaired) electrons. The Labute approximate surface area is 125 Å². The van der Waals surface area contributed by atoms with Gasteiger partial charge < -0.3 is 10.6 Å². The van der Waals surface area contributed by atoms with Gasteiger partial charge in [0.05, 0.1) is 0 Å². The summed E-state index contributed by atoms with van der Waals surface area (Å²) in [5, 5.41) is 0. The Morgan fingerprint density at radius 1 is 1.14 bits per heavy atom. The maximum atomic E-state index is 12.7. The molecular formula is C18H20N2O. The predicted molar refractivity (Wildman–Crippen MR) is 85.2 cm³/mol. The number of rotatable bonds is 2. The third kappa shape index (κ3) is 2.69. The molecular weight excluding hydrogens is 260 g/mol. The third-order valence-electron chi connectivity index (χ3n) is 4.08. The van der Waals surface area contributed by atoms with Crippen LogP contribution in [0.2, 0.25) is 0 Å². The topological polar surface area (TPSA) is 46.3 Å². The van der Waals surface area contributed by atoms with E-state index in [0.717, 1.165) is 30.6 Å². The van der Waals surface area contributed by atoms with Gasteiger partial charge in [0.25, 0.3) is 0 Å². The van der Waals surface area contributed by atoms with Gasteiger partial charge in [-0.05, 0) is 37.0 Å². The summed E-state index contributed by atoms with van der Waals surface area (Å²) in [5.74, 6) is -0.0222. The molecule has 1 aliphatic rings. The summed E-state index contributed by atoms with van der Waals surface area (Å²) >= 11 is 0. The van der Waals surface area contributed by atoms with Crippen molar-refractivity contribution >= 4 is 11.6 Å². The molecule has 0 saturated carbocycles. The number of hydrogen-bond donors (Lipinski definition) is 1. The summed E-state index contributed by atoms with van der Waals surface area (Å²) in [6.45, 7) is 2.77. The molecule has 1 aliphatic heterocycles. The molecule has 0 aliphatic carbocycles. The maximum Gasteiger partial charge on any atom is 0.248 e. The highest BCUT2D eigenvalue weighted by molar-refractivity contribution is 5.98. The van der Waals surface area contributed by atoms with Crippen LogP contribution in [0.4, 0.5) is 5.69 Å². The molecule has 3 rings (SSSR count). The molecule has 0 spiro atoms. The molecule has 0 aromatic heterocycles. The van der Waals surface area contributed by atoms with Crippen molar-refractivity contribution < 1.29 is 4.79 Å². The molecule has 2 aromatic carbocycles. The summed E-state index contributed by atoms with van der Waals surface area (Å²) in [5.41, 5.74) is 10.5. The lowest BCUT2D eigenvalue weighted by Gasteiger charge is -2.31. The van der Waals surface area contributed by atoms with E-state index in [0.29, 0.717) is 0 Å². The van der Waals surface area contributed by atoms with Crippen LogP contribution in [-0.2, 0) is 11.2 Å². The van der Waals surface area contributed by atoms with Crippen molar-refractivity contribution in [3.63, 3.8) is 0 Å². The van der Waals surface area contributed by atoms with Gasteiger partial charge in [0, 0.05) is 12.2 Å². The Morgan fingerprint density at radius 2 is 1.86 bits per heavy atom. The number of para-hydroxylation sites is 1. The summed E-state index contributed by atoms with van der Waals surface area (Å²) < 4.78 is 0. The molecule has 0 bridgehead atoms. The van der Waals surface area contributed by atoms with Crippen LogP contribution in [0.25, 0.3) is 0 Å². The lowest BCUT2D eigenvalue weighted by Crippen LogP contribution is -2.41. The minimum atomic E-state index is -0.600. The number of nitrogens with two attached hydrogens (primary N) is 1. The summed E-state index contributed by atoms with van der Waals surface area (Å²) in [6, 6.07) is 15.4. The first kappa shape index (κ1) is 13.8. The highest BCUT2D eigenvalue weighted by Gasteiger charge is 2.27. The second-order valence-electron chi connectivity index (χ2n) is 5.61. The Bertz CT molecular complexity index is 649. The number of hydrogen-bond acceptors (Lipinski definition) is 2. The summed E-state index contributed by atoms with van der Waals surface area (Å²) in [4.78, 5) is 14.6. The number of amides is 1. The molecule has 0 fully saturated rings. The van der Waals surface area contributed by atoms with Crippen LogP contribution >= 0.6 is 0 Å². The smallest absolute Gasteiger partial charge is 0.248 e. The zero-order valence-corrected chi connectivity index (χ0v) is 12.3. The molecule has 1 heterocycles. The maximum absolute atomic E-state index is 12.7. The van der Waals surface area contributed by atoms with Gasteiger partial charge in [0.1, 0.15) is 6.04 Å². The predicted octanol–water partition coefficient (Wildman–Crippen LogP) is 2.97. The van der Waals surface area contributed by atoms with Crippen molar-refractivity contribution in [1.82, 2.24) is 0 Å². The van der Waals surface area contributed by atoms with Crippen LogP contribution in [0.1, 0.15) is 29.2 Å². The number of carbonyl (C=O) groups is 1. The van der Waals surface area contributed by atoms with Crippen LogP contribution < -0.4 is 10.6 Å². The van der Waals surface area contributed by atoms with E-state index < -0.39 is 6.04 Å². The third-order valence-corrected chi connectivity index (χ3v) is 4.08. The summed E-state index contributed by atoms with van der Waals surface area (Å²) in [6.07, 6.45) is 2.02. The van der Waals surface area contributed by atoms with Crippen molar-refractivity contribution in [3.05, 3.63) is 65.2 Å². The van der Waals surface area contributed by atoms with Crippen molar-refractivity contribution in [3.8, 4) is 0 Å². The number of carbonyl (C=O) groups excluding carboxylic acids is 1. The second kappa shape index (κ2) is 5.70. The molecule has 0 saturated heterocycles. The van der Waals surface area contributed by atoms with Crippen LogP contribution in [0.15, 0.2) is 48.5 Å². The first-order valence-electron chi connectivity index (χ1n) is 7.38. The molecule has 3 heteroatoms. The number of fused-ring (bicyclic) bond motifs is 1.